The standard InChI is InChI=1S/C15H25NO2/c1-5-6-12(3)18-15-8-7-14(17-4)10-13(15)9-11(2)16/h7-8,10-12H,5-6,9,16H2,1-4H3. The molecule has 2 N–H and O–H groups in total. The first-order valence-corrected chi connectivity index (χ1v) is 6.66. The van der Waals surface area contributed by atoms with Crippen molar-refractivity contribution in [1.82, 2.24) is 0 Å². The zero-order valence-corrected chi connectivity index (χ0v) is 11.9. The van der Waals surface area contributed by atoms with Crippen LogP contribution in [0.15, 0.2) is 18.2 Å². The largest absolute Gasteiger partial charge is 0.497 e. The molecule has 0 amide bonds. The molecule has 102 valence electrons. The van der Waals surface area contributed by atoms with Gasteiger partial charge in [-0.05, 0) is 50.5 Å². The van der Waals surface area contributed by atoms with Crippen molar-refractivity contribution in [3.8, 4) is 11.5 Å². The molecule has 2 unspecified atom stereocenters. The molecule has 0 bridgehead atoms. The number of rotatable bonds is 7. The molecule has 3 heteroatoms. The normalized spacial score (nSPS) is 14.1. The maximum absolute atomic E-state index is 5.98. The first-order valence-electron chi connectivity index (χ1n) is 6.66. The average molecular weight is 251 g/mol. The van der Waals surface area contributed by atoms with E-state index in [9.17, 15) is 0 Å². The fourth-order valence-electron chi connectivity index (χ4n) is 1.99. The zero-order chi connectivity index (χ0) is 13.5. The highest BCUT2D eigenvalue weighted by Gasteiger charge is 2.11. The van der Waals surface area contributed by atoms with Crippen molar-refractivity contribution in [1.29, 1.82) is 0 Å². The summed E-state index contributed by atoms with van der Waals surface area (Å²) in [7, 11) is 1.67. The van der Waals surface area contributed by atoms with Crippen molar-refractivity contribution in [2.24, 2.45) is 5.73 Å². The summed E-state index contributed by atoms with van der Waals surface area (Å²) in [5, 5.41) is 0. The second kappa shape index (κ2) is 7.27. The molecule has 0 aliphatic rings. The van der Waals surface area contributed by atoms with Crippen molar-refractivity contribution < 1.29 is 9.47 Å². The van der Waals surface area contributed by atoms with Crippen LogP contribution in [0.4, 0.5) is 0 Å². The maximum atomic E-state index is 5.98. The van der Waals surface area contributed by atoms with Crippen molar-refractivity contribution in [2.75, 3.05) is 7.11 Å². The third-order valence-corrected chi connectivity index (χ3v) is 2.83. The van der Waals surface area contributed by atoms with E-state index in [1.807, 2.05) is 25.1 Å². The van der Waals surface area contributed by atoms with Crippen LogP contribution in [-0.2, 0) is 6.42 Å². The van der Waals surface area contributed by atoms with Gasteiger partial charge in [-0.2, -0.15) is 0 Å². The molecular formula is C15H25NO2. The van der Waals surface area contributed by atoms with Crippen LogP contribution in [0.1, 0.15) is 39.2 Å². The number of benzene rings is 1. The van der Waals surface area contributed by atoms with Gasteiger partial charge in [0.25, 0.3) is 0 Å². The van der Waals surface area contributed by atoms with Gasteiger partial charge in [-0.3, -0.25) is 0 Å². The lowest BCUT2D eigenvalue weighted by Gasteiger charge is -2.18. The third kappa shape index (κ3) is 4.57. The molecule has 3 nitrogen and oxygen atoms in total. The Kier molecular flexibility index (Phi) is 5.99. The Morgan fingerprint density at radius 3 is 2.56 bits per heavy atom. The Balaban J connectivity index is 2.87. The minimum absolute atomic E-state index is 0.112. The fraction of sp³-hybridized carbons (Fsp3) is 0.600. The summed E-state index contributed by atoms with van der Waals surface area (Å²) >= 11 is 0. The molecule has 1 rings (SSSR count). The Bertz CT molecular complexity index is 364. The number of ether oxygens (including phenoxy) is 2. The smallest absolute Gasteiger partial charge is 0.123 e. The summed E-state index contributed by atoms with van der Waals surface area (Å²) < 4.78 is 11.2. The van der Waals surface area contributed by atoms with E-state index in [0.717, 1.165) is 36.3 Å². The minimum Gasteiger partial charge on any atom is -0.497 e. The predicted octanol–water partition coefficient (Wildman–Crippen LogP) is 3.15. The summed E-state index contributed by atoms with van der Waals surface area (Å²) in [4.78, 5) is 0. The first-order chi connectivity index (χ1) is 8.56. The summed E-state index contributed by atoms with van der Waals surface area (Å²) in [6, 6.07) is 6.03. The maximum Gasteiger partial charge on any atom is 0.123 e. The summed E-state index contributed by atoms with van der Waals surface area (Å²) in [6.45, 7) is 6.26. The van der Waals surface area contributed by atoms with Crippen molar-refractivity contribution in [2.45, 2.75) is 52.2 Å². The number of nitrogens with two attached hydrogens (primary N) is 1. The zero-order valence-electron chi connectivity index (χ0n) is 11.9. The summed E-state index contributed by atoms with van der Waals surface area (Å²) in [5.74, 6) is 1.77. The van der Waals surface area contributed by atoms with Gasteiger partial charge < -0.3 is 15.2 Å². The highest BCUT2D eigenvalue weighted by Crippen LogP contribution is 2.26. The van der Waals surface area contributed by atoms with Crippen molar-refractivity contribution >= 4 is 0 Å². The van der Waals surface area contributed by atoms with Gasteiger partial charge in [0.15, 0.2) is 0 Å². The van der Waals surface area contributed by atoms with Gasteiger partial charge in [0.1, 0.15) is 11.5 Å². The van der Waals surface area contributed by atoms with E-state index in [4.69, 9.17) is 15.2 Å². The van der Waals surface area contributed by atoms with Crippen molar-refractivity contribution in [3.63, 3.8) is 0 Å². The fourth-order valence-corrected chi connectivity index (χ4v) is 1.99. The highest BCUT2D eigenvalue weighted by atomic mass is 16.5. The predicted molar refractivity (Wildman–Crippen MR) is 75.3 cm³/mol. The van der Waals surface area contributed by atoms with Crippen LogP contribution >= 0.6 is 0 Å². The van der Waals surface area contributed by atoms with Gasteiger partial charge in [-0.1, -0.05) is 13.3 Å². The van der Waals surface area contributed by atoms with Crippen LogP contribution in [-0.4, -0.2) is 19.3 Å². The van der Waals surface area contributed by atoms with Crippen molar-refractivity contribution in [3.05, 3.63) is 23.8 Å². The van der Waals surface area contributed by atoms with Gasteiger partial charge in [-0.15, -0.1) is 0 Å². The molecule has 0 aromatic heterocycles. The van der Waals surface area contributed by atoms with E-state index in [1.165, 1.54) is 0 Å². The van der Waals surface area contributed by atoms with E-state index in [0.29, 0.717) is 0 Å². The molecule has 1 aromatic carbocycles. The van der Waals surface area contributed by atoms with E-state index in [-0.39, 0.29) is 12.1 Å². The highest BCUT2D eigenvalue weighted by molar-refractivity contribution is 5.40. The molecule has 0 aliphatic heterocycles. The molecule has 0 aliphatic carbocycles. The van der Waals surface area contributed by atoms with E-state index in [1.54, 1.807) is 7.11 Å². The van der Waals surface area contributed by atoms with Gasteiger partial charge in [0.2, 0.25) is 0 Å². The number of hydrogen-bond donors (Lipinski definition) is 1. The van der Waals surface area contributed by atoms with Crippen LogP contribution in [0, 0.1) is 0 Å². The average Bonchev–Trinajstić information content (AvgIpc) is 2.31. The molecule has 0 spiro atoms. The summed E-state index contributed by atoms with van der Waals surface area (Å²) in [6.07, 6.45) is 3.21. The second-order valence-corrected chi connectivity index (χ2v) is 4.87. The van der Waals surface area contributed by atoms with Crippen LogP contribution in [0.5, 0.6) is 11.5 Å². The molecule has 2 atom stereocenters. The van der Waals surface area contributed by atoms with E-state index >= 15 is 0 Å². The van der Waals surface area contributed by atoms with Gasteiger partial charge in [0.05, 0.1) is 13.2 Å². The van der Waals surface area contributed by atoms with Gasteiger partial charge in [0, 0.05) is 6.04 Å². The lowest BCUT2D eigenvalue weighted by Crippen LogP contribution is -2.19. The lowest BCUT2D eigenvalue weighted by molar-refractivity contribution is 0.207. The lowest BCUT2D eigenvalue weighted by atomic mass is 10.1. The van der Waals surface area contributed by atoms with Crippen LogP contribution in [0.3, 0.4) is 0 Å². The molecule has 18 heavy (non-hydrogen) atoms. The SMILES string of the molecule is CCCC(C)Oc1ccc(OC)cc1CC(C)N. The van der Waals surface area contributed by atoms with Crippen LogP contribution in [0.25, 0.3) is 0 Å². The molecule has 0 saturated carbocycles. The molecule has 0 saturated heterocycles. The third-order valence-electron chi connectivity index (χ3n) is 2.83. The number of hydrogen-bond acceptors (Lipinski definition) is 3. The topological polar surface area (TPSA) is 44.5 Å². The summed E-state index contributed by atoms with van der Waals surface area (Å²) in [5.41, 5.74) is 7.00. The molecular weight excluding hydrogens is 226 g/mol. The van der Waals surface area contributed by atoms with E-state index in [2.05, 4.69) is 13.8 Å². The second-order valence-electron chi connectivity index (χ2n) is 4.87. The Morgan fingerprint density at radius 2 is 2.00 bits per heavy atom. The molecule has 0 heterocycles. The Labute approximate surface area is 110 Å². The van der Waals surface area contributed by atoms with Gasteiger partial charge in [-0.25, -0.2) is 0 Å². The monoisotopic (exact) mass is 251 g/mol. The van der Waals surface area contributed by atoms with Gasteiger partial charge >= 0.3 is 0 Å². The van der Waals surface area contributed by atoms with Crippen LogP contribution < -0.4 is 15.2 Å². The van der Waals surface area contributed by atoms with E-state index < -0.39 is 0 Å². The quantitative estimate of drug-likeness (QED) is 0.809. The molecule has 1 aromatic rings. The Hall–Kier alpha value is -1.22. The molecule has 0 fully saturated rings. The minimum atomic E-state index is 0.112. The number of methoxy groups -OCH3 is 1. The molecule has 0 radical (unpaired) electrons. The van der Waals surface area contributed by atoms with Crippen LogP contribution in [0.2, 0.25) is 0 Å². The first kappa shape index (κ1) is 14.8. The Morgan fingerprint density at radius 1 is 1.28 bits per heavy atom.